The van der Waals surface area contributed by atoms with Crippen LogP contribution in [0.4, 0.5) is 5.69 Å². The van der Waals surface area contributed by atoms with Crippen molar-refractivity contribution >= 4 is 23.4 Å². The molecular weight excluding hydrogens is 260 g/mol. The van der Waals surface area contributed by atoms with E-state index >= 15 is 0 Å². The molecule has 4 nitrogen and oxygen atoms in total. The zero-order chi connectivity index (χ0) is 14.3. The Hall–Kier alpha value is -1.93. The van der Waals surface area contributed by atoms with Crippen LogP contribution in [0.25, 0.3) is 0 Å². The standard InChI is InChI=1S/C14H16N2O2S/c1-3-8-16(10-14(17)18)12-6-5-7-13(19-4-2)11(12)9-15/h3,5-7H,1,4,8,10H2,2H3,(H,17,18). The van der Waals surface area contributed by atoms with Gasteiger partial charge in [0.25, 0.3) is 0 Å². The number of hydrogen-bond donors (Lipinski definition) is 1. The zero-order valence-corrected chi connectivity index (χ0v) is 11.6. The van der Waals surface area contributed by atoms with E-state index in [4.69, 9.17) is 5.11 Å². The molecule has 0 bridgehead atoms. The van der Waals surface area contributed by atoms with Crippen molar-refractivity contribution < 1.29 is 9.90 Å². The van der Waals surface area contributed by atoms with E-state index in [1.807, 2.05) is 19.1 Å². The quantitative estimate of drug-likeness (QED) is 0.613. The lowest BCUT2D eigenvalue weighted by Crippen LogP contribution is -2.30. The molecule has 0 unspecified atom stereocenters. The molecule has 19 heavy (non-hydrogen) atoms. The van der Waals surface area contributed by atoms with E-state index < -0.39 is 5.97 Å². The van der Waals surface area contributed by atoms with Crippen molar-refractivity contribution in [3.05, 3.63) is 36.4 Å². The second kappa shape index (κ2) is 7.49. The van der Waals surface area contributed by atoms with Crippen molar-refractivity contribution in [1.82, 2.24) is 0 Å². The van der Waals surface area contributed by atoms with Crippen LogP contribution >= 0.6 is 11.8 Å². The van der Waals surface area contributed by atoms with E-state index in [0.717, 1.165) is 10.6 Å². The normalized spacial score (nSPS) is 9.68. The molecule has 0 aliphatic carbocycles. The Morgan fingerprint density at radius 1 is 1.63 bits per heavy atom. The molecule has 0 radical (unpaired) electrons. The molecule has 0 spiro atoms. The summed E-state index contributed by atoms with van der Waals surface area (Å²) in [5.41, 5.74) is 1.17. The van der Waals surface area contributed by atoms with Gasteiger partial charge in [-0.1, -0.05) is 19.1 Å². The highest BCUT2D eigenvalue weighted by Gasteiger charge is 2.15. The second-order valence-corrected chi connectivity index (χ2v) is 5.06. The minimum absolute atomic E-state index is 0.152. The molecule has 1 aromatic rings. The Balaban J connectivity index is 3.21. The minimum Gasteiger partial charge on any atom is -0.480 e. The third-order valence-corrected chi connectivity index (χ3v) is 3.37. The summed E-state index contributed by atoms with van der Waals surface area (Å²) in [5.74, 6) is -0.0716. The largest absolute Gasteiger partial charge is 0.480 e. The van der Waals surface area contributed by atoms with Crippen LogP contribution in [0.1, 0.15) is 12.5 Å². The summed E-state index contributed by atoms with van der Waals surface area (Å²) in [5, 5.41) is 18.3. The van der Waals surface area contributed by atoms with E-state index in [-0.39, 0.29) is 6.54 Å². The van der Waals surface area contributed by atoms with Crippen molar-refractivity contribution in [2.24, 2.45) is 0 Å². The molecule has 0 amide bonds. The molecule has 1 aromatic carbocycles. The highest BCUT2D eigenvalue weighted by atomic mass is 32.2. The van der Waals surface area contributed by atoms with Crippen LogP contribution in [0.15, 0.2) is 35.7 Å². The molecule has 100 valence electrons. The van der Waals surface area contributed by atoms with Crippen LogP contribution in [0.3, 0.4) is 0 Å². The first kappa shape index (κ1) is 15.1. The summed E-state index contributed by atoms with van der Waals surface area (Å²) in [6.45, 7) is 5.87. The Kier molecular flexibility index (Phi) is 5.97. The van der Waals surface area contributed by atoms with Crippen molar-refractivity contribution in [3.8, 4) is 6.07 Å². The maximum absolute atomic E-state index is 10.9. The van der Waals surface area contributed by atoms with Gasteiger partial charge >= 0.3 is 5.97 Å². The summed E-state index contributed by atoms with van der Waals surface area (Å²) in [4.78, 5) is 13.4. The van der Waals surface area contributed by atoms with Crippen LogP contribution < -0.4 is 4.90 Å². The first-order valence-electron chi connectivity index (χ1n) is 5.87. The van der Waals surface area contributed by atoms with Gasteiger partial charge in [-0.15, -0.1) is 18.3 Å². The number of carboxylic acid groups (broad SMARTS) is 1. The number of anilines is 1. The summed E-state index contributed by atoms with van der Waals surface area (Å²) in [6.07, 6.45) is 1.63. The summed E-state index contributed by atoms with van der Waals surface area (Å²) in [7, 11) is 0. The molecule has 0 heterocycles. The molecular formula is C14H16N2O2S. The van der Waals surface area contributed by atoms with Crippen LogP contribution in [-0.2, 0) is 4.79 Å². The van der Waals surface area contributed by atoms with Crippen LogP contribution in [-0.4, -0.2) is 29.9 Å². The van der Waals surface area contributed by atoms with Crippen molar-refractivity contribution in [1.29, 1.82) is 5.26 Å². The van der Waals surface area contributed by atoms with Gasteiger partial charge in [-0.25, -0.2) is 0 Å². The minimum atomic E-state index is -0.931. The van der Waals surface area contributed by atoms with E-state index in [1.54, 1.807) is 28.8 Å². The number of thioether (sulfide) groups is 1. The fourth-order valence-corrected chi connectivity index (χ4v) is 2.52. The van der Waals surface area contributed by atoms with E-state index in [9.17, 15) is 10.1 Å². The lowest BCUT2D eigenvalue weighted by Gasteiger charge is -2.23. The van der Waals surface area contributed by atoms with Gasteiger partial charge in [0, 0.05) is 11.4 Å². The van der Waals surface area contributed by atoms with Gasteiger partial charge in [0.2, 0.25) is 0 Å². The molecule has 0 fully saturated rings. The number of carbonyl (C=O) groups is 1. The summed E-state index contributed by atoms with van der Waals surface area (Å²) >= 11 is 1.57. The Morgan fingerprint density at radius 2 is 2.37 bits per heavy atom. The van der Waals surface area contributed by atoms with Gasteiger partial charge in [-0.05, 0) is 17.9 Å². The van der Waals surface area contributed by atoms with E-state index in [2.05, 4.69) is 12.6 Å². The lowest BCUT2D eigenvalue weighted by atomic mass is 10.1. The fourth-order valence-electron chi connectivity index (χ4n) is 1.74. The second-order valence-electron chi connectivity index (χ2n) is 3.76. The molecule has 0 saturated carbocycles. The van der Waals surface area contributed by atoms with Crippen LogP contribution in [0, 0.1) is 11.3 Å². The Labute approximate surface area is 117 Å². The number of rotatable bonds is 7. The lowest BCUT2D eigenvalue weighted by molar-refractivity contribution is -0.135. The fraction of sp³-hybridized carbons (Fsp3) is 0.286. The van der Waals surface area contributed by atoms with Crippen LogP contribution in [0.2, 0.25) is 0 Å². The Bertz CT molecular complexity index is 509. The SMILES string of the molecule is C=CCN(CC(=O)O)c1cccc(SCC)c1C#N. The number of benzene rings is 1. The number of carboxylic acids is 1. The maximum Gasteiger partial charge on any atom is 0.323 e. The molecule has 0 saturated heterocycles. The van der Waals surface area contributed by atoms with Gasteiger partial charge in [-0.2, -0.15) is 5.26 Å². The van der Waals surface area contributed by atoms with Gasteiger partial charge in [-0.3, -0.25) is 4.79 Å². The monoisotopic (exact) mass is 276 g/mol. The first-order valence-corrected chi connectivity index (χ1v) is 6.86. The predicted octanol–water partition coefficient (Wildman–Crippen LogP) is 2.75. The van der Waals surface area contributed by atoms with Crippen molar-refractivity contribution in [2.75, 3.05) is 23.7 Å². The number of nitrogens with zero attached hydrogens (tertiary/aromatic N) is 2. The third-order valence-electron chi connectivity index (χ3n) is 2.43. The van der Waals surface area contributed by atoms with Crippen molar-refractivity contribution in [2.45, 2.75) is 11.8 Å². The number of hydrogen-bond acceptors (Lipinski definition) is 4. The van der Waals surface area contributed by atoms with Gasteiger partial charge < -0.3 is 10.0 Å². The predicted molar refractivity (Wildman–Crippen MR) is 77.6 cm³/mol. The van der Waals surface area contributed by atoms with E-state index in [0.29, 0.717) is 17.8 Å². The molecule has 0 aromatic heterocycles. The topological polar surface area (TPSA) is 64.3 Å². The average molecular weight is 276 g/mol. The third kappa shape index (κ3) is 4.04. The summed E-state index contributed by atoms with van der Waals surface area (Å²) in [6, 6.07) is 7.66. The van der Waals surface area contributed by atoms with Crippen LogP contribution in [0.5, 0.6) is 0 Å². The molecule has 0 atom stereocenters. The molecule has 0 aliphatic heterocycles. The molecule has 1 N–H and O–H groups in total. The Morgan fingerprint density at radius 3 is 2.89 bits per heavy atom. The number of aliphatic carboxylic acids is 1. The highest BCUT2D eigenvalue weighted by Crippen LogP contribution is 2.30. The molecule has 1 rings (SSSR count). The van der Waals surface area contributed by atoms with Gasteiger partial charge in [0.15, 0.2) is 0 Å². The maximum atomic E-state index is 10.9. The number of nitriles is 1. The molecule has 5 heteroatoms. The van der Waals surface area contributed by atoms with E-state index in [1.165, 1.54) is 0 Å². The van der Waals surface area contributed by atoms with Crippen molar-refractivity contribution in [3.63, 3.8) is 0 Å². The molecule has 0 aliphatic rings. The van der Waals surface area contributed by atoms with Gasteiger partial charge in [0.05, 0.1) is 11.3 Å². The smallest absolute Gasteiger partial charge is 0.323 e. The zero-order valence-electron chi connectivity index (χ0n) is 10.8. The van der Waals surface area contributed by atoms with Gasteiger partial charge in [0.1, 0.15) is 12.6 Å². The average Bonchev–Trinajstić information content (AvgIpc) is 2.38. The highest BCUT2D eigenvalue weighted by molar-refractivity contribution is 7.99. The summed E-state index contributed by atoms with van der Waals surface area (Å²) < 4.78 is 0. The first-order chi connectivity index (χ1) is 9.13.